The van der Waals surface area contributed by atoms with E-state index >= 15 is 0 Å². The van der Waals surface area contributed by atoms with Gasteiger partial charge in [-0.3, -0.25) is 4.79 Å². The van der Waals surface area contributed by atoms with Crippen LogP contribution in [0, 0.1) is 11.8 Å². The van der Waals surface area contributed by atoms with Gasteiger partial charge in [-0.25, -0.2) is 0 Å². The molecule has 5 nitrogen and oxygen atoms in total. The first-order valence-electron chi connectivity index (χ1n) is 9.28. The van der Waals surface area contributed by atoms with E-state index in [1.165, 1.54) is 25.9 Å². The van der Waals surface area contributed by atoms with Gasteiger partial charge in [0.05, 0.1) is 6.10 Å². The number of aliphatic hydroxyl groups excluding tert-OH is 1. The zero-order chi connectivity index (χ0) is 16.8. The fourth-order valence-corrected chi connectivity index (χ4v) is 4.11. The summed E-state index contributed by atoms with van der Waals surface area (Å²) < 4.78 is 0. The van der Waals surface area contributed by atoms with Crippen molar-refractivity contribution < 1.29 is 9.90 Å². The third-order valence-corrected chi connectivity index (χ3v) is 5.43. The summed E-state index contributed by atoms with van der Waals surface area (Å²) in [7, 11) is 2.25. The average molecular weight is 325 g/mol. The molecular weight excluding hydrogens is 290 g/mol. The van der Waals surface area contributed by atoms with Gasteiger partial charge in [-0.15, -0.1) is 0 Å². The molecule has 0 aromatic heterocycles. The summed E-state index contributed by atoms with van der Waals surface area (Å²) in [6.45, 7) is 10.8. The van der Waals surface area contributed by atoms with Gasteiger partial charge in [0.25, 0.3) is 0 Å². The molecule has 5 heteroatoms. The molecule has 1 N–H and O–H groups in total. The summed E-state index contributed by atoms with van der Waals surface area (Å²) >= 11 is 0. The van der Waals surface area contributed by atoms with Crippen LogP contribution in [0.2, 0.25) is 0 Å². The second kappa shape index (κ2) is 9.00. The van der Waals surface area contributed by atoms with E-state index in [1.54, 1.807) is 6.92 Å². The Morgan fingerprint density at radius 2 is 1.57 bits per heavy atom. The number of aliphatic hydroxyl groups is 1. The van der Waals surface area contributed by atoms with E-state index in [4.69, 9.17) is 0 Å². The van der Waals surface area contributed by atoms with Crippen LogP contribution >= 0.6 is 0 Å². The van der Waals surface area contributed by atoms with Crippen LogP contribution < -0.4 is 0 Å². The molecule has 0 radical (unpaired) electrons. The van der Waals surface area contributed by atoms with Gasteiger partial charge < -0.3 is 19.8 Å². The Morgan fingerprint density at radius 1 is 1.09 bits per heavy atom. The summed E-state index contributed by atoms with van der Waals surface area (Å²) in [5.41, 5.74) is 0. The summed E-state index contributed by atoms with van der Waals surface area (Å²) in [6, 6.07) is 0. The molecule has 134 valence electrons. The fraction of sp³-hybridized carbons (Fsp3) is 0.944. The molecule has 2 aliphatic rings. The van der Waals surface area contributed by atoms with Crippen molar-refractivity contribution in [3.63, 3.8) is 0 Å². The van der Waals surface area contributed by atoms with Crippen LogP contribution in [-0.4, -0.2) is 84.7 Å². The van der Waals surface area contributed by atoms with Gasteiger partial charge >= 0.3 is 0 Å². The van der Waals surface area contributed by atoms with Gasteiger partial charge in [0, 0.05) is 39.6 Å². The van der Waals surface area contributed by atoms with Gasteiger partial charge in [-0.05, 0) is 64.6 Å². The maximum Gasteiger partial charge on any atom is 0.219 e. The van der Waals surface area contributed by atoms with E-state index in [-0.39, 0.29) is 12.0 Å². The van der Waals surface area contributed by atoms with Crippen LogP contribution in [-0.2, 0) is 4.79 Å². The Labute approximate surface area is 141 Å². The smallest absolute Gasteiger partial charge is 0.219 e. The van der Waals surface area contributed by atoms with Gasteiger partial charge in [0.2, 0.25) is 5.91 Å². The first-order chi connectivity index (χ1) is 10.9. The number of amides is 1. The van der Waals surface area contributed by atoms with Crippen LogP contribution in [0.4, 0.5) is 0 Å². The minimum atomic E-state index is -0.213. The van der Waals surface area contributed by atoms with E-state index < -0.39 is 0 Å². The number of nitrogens with zero attached hydrogens (tertiary/aromatic N) is 3. The van der Waals surface area contributed by atoms with Crippen LogP contribution in [0.3, 0.4) is 0 Å². The van der Waals surface area contributed by atoms with Gasteiger partial charge in [-0.2, -0.15) is 0 Å². The fourth-order valence-electron chi connectivity index (χ4n) is 4.11. The number of rotatable bonds is 6. The molecule has 2 saturated heterocycles. The lowest BCUT2D eigenvalue weighted by atomic mass is 9.93. The zero-order valence-electron chi connectivity index (χ0n) is 15.2. The summed E-state index contributed by atoms with van der Waals surface area (Å²) in [5, 5.41) is 9.48. The molecule has 0 bridgehead atoms. The standard InChI is InChI=1S/C18H35N3O2/c1-15(22)12-20-8-4-17(5-9-20)13-19(3)14-18-6-10-21(11-7-18)16(2)23/h15,17-18,22H,4-14H2,1-3H3/t15-/m0/s1. The Kier molecular flexibility index (Phi) is 7.31. The highest BCUT2D eigenvalue weighted by atomic mass is 16.3. The van der Waals surface area contributed by atoms with Crippen molar-refractivity contribution in [2.45, 2.75) is 45.6 Å². The zero-order valence-corrected chi connectivity index (χ0v) is 15.2. The molecule has 2 aliphatic heterocycles. The molecular formula is C18H35N3O2. The summed E-state index contributed by atoms with van der Waals surface area (Å²) in [5.74, 6) is 1.76. The maximum absolute atomic E-state index is 11.4. The van der Waals surface area contributed by atoms with Gasteiger partial charge in [0.1, 0.15) is 0 Å². The molecule has 0 aliphatic carbocycles. The van der Waals surface area contributed by atoms with E-state index in [0.29, 0.717) is 0 Å². The molecule has 1 atom stereocenters. The normalized spacial score (nSPS) is 23.4. The SMILES string of the molecule is CC(=O)N1CCC(CN(C)CC2CCN(C[C@H](C)O)CC2)CC1. The third kappa shape index (κ3) is 6.40. The monoisotopic (exact) mass is 325 g/mol. The summed E-state index contributed by atoms with van der Waals surface area (Å²) in [6.07, 6.45) is 4.59. The number of hydrogen-bond acceptors (Lipinski definition) is 4. The highest BCUT2D eigenvalue weighted by molar-refractivity contribution is 5.73. The van der Waals surface area contributed by atoms with Crippen molar-refractivity contribution in [2.24, 2.45) is 11.8 Å². The lowest BCUT2D eigenvalue weighted by molar-refractivity contribution is -0.130. The van der Waals surface area contributed by atoms with E-state index in [2.05, 4.69) is 16.8 Å². The van der Waals surface area contributed by atoms with Crippen molar-refractivity contribution in [1.82, 2.24) is 14.7 Å². The van der Waals surface area contributed by atoms with Gasteiger partial charge in [0.15, 0.2) is 0 Å². The lowest BCUT2D eigenvalue weighted by Crippen LogP contribution is -2.43. The second-order valence-corrected chi connectivity index (χ2v) is 7.76. The van der Waals surface area contributed by atoms with Crippen molar-refractivity contribution >= 4 is 5.91 Å². The van der Waals surface area contributed by atoms with E-state index in [9.17, 15) is 9.90 Å². The largest absolute Gasteiger partial charge is 0.392 e. The van der Waals surface area contributed by atoms with Crippen molar-refractivity contribution in [1.29, 1.82) is 0 Å². The number of β-amino-alcohol motifs (C(OH)–C–C–N with tert-alkyl or cyclic N) is 1. The molecule has 0 spiro atoms. The second-order valence-electron chi connectivity index (χ2n) is 7.76. The molecule has 2 rings (SSSR count). The minimum absolute atomic E-state index is 0.213. The molecule has 1 amide bonds. The Bertz CT molecular complexity index is 359. The highest BCUT2D eigenvalue weighted by Crippen LogP contribution is 2.21. The minimum Gasteiger partial charge on any atom is -0.392 e. The lowest BCUT2D eigenvalue weighted by Gasteiger charge is -2.36. The topological polar surface area (TPSA) is 47.0 Å². The molecule has 2 heterocycles. The summed E-state index contributed by atoms with van der Waals surface area (Å²) in [4.78, 5) is 18.3. The van der Waals surface area contributed by atoms with Crippen molar-refractivity contribution in [2.75, 3.05) is 52.9 Å². The Hall–Kier alpha value is -0.650. The molecule has 23 heavy (non-hydrogen) atoms. The Balaban J connectivity index is 1.62. The maximum atomic E-state index is 11.4. The van der Waals surface area contributed by atoms with Crippen molar-refractivity contribution in [3.05, 3.63) is 0 Å². The number of piperidine rings is 2. The van der Waals surface area contributed by atoms with Crippen molar-refractivity contribution in [3.8, 4) is 0 Å². The van der Waals surface area contributed by atoms with E-state index in [0.717, 1.165) is 57.4 Å². The predicted octanol–water partition coefficient (Wildman–Crippen LogP) is 1.27. The molecule has 0 saturated carbocycles. The number of hydrogen-bond donors (Lipinski definition) is 1. The third-order valence-electron chi connectivity index (χ3n) is 5.43. The first kappa shape index (κ1) is 18.7. The number of carbonyl (C=O) groups excluding carboxylic acids is 1. The van der Waals surface area contributed by atoms with Crippen LogP contribution in [0.5, 0.6) is 0 Å². The van der Waals surface area contributed by atoms with Crippen LogP contribution in [0.15, 0.2) is 0 Å². The molecule has 0 aromatic carbocycles. The quantitative estimate of drug-likeness (QED) is 0.799. The Morgan fingerprint density at radius 3 is 2.00 bits per heavy atom. The first-order valence-corrected chi connectivity index (χ1v) is 9.28. The number of likely N-dealkylation sites (tertiary alicyclic amines) is 2. The van der Waals surface area contributed by atoms with E-state index in [1.807, 2.05) is 11.8 Å². The molecule has 0 unspecified atom stereocenters. The highest BCUT2D eigenvalue weighted by Gasteiger charge is 2.24. The van der Waals surface area contributed by atoms with Crippen LogP contribution in [0.25, 0.3) is 0 Å². The van der Waals surface area contributed by atoms with Gasteiger partial charge in [-0.1, -0.05) is 0 Å². The molecule has 0 aromatic rings. The molecule has 2 fully saturated rings. The average Bonchev–Trinajstić information content (AvgIpc) is 2.49. The number of carbonyl (C=O) groups is 1. The van der Waals surface area contributed by atoms with Crippen LogP contribution in [0.1, 0.15) is 39.5 Å². The predicted molar refractivity (Wildman–Crippen MR) is 93.3 cm³/mol.